The van der Waals surface area contributed by atoms with Gasteiger partial charge in [0.25, 0.3) is 5.91 Å². The molecule has 8 heteroatoms. The average molecular weight is 449 g/mol. The Bertz CT molecular complexity index is 1160. The summed E-state index contributed by atoms with van der Waals surface area (Å²) in [5, 5.41) is 5.67. The van der Waals surface area contributed by atoms with Crippen molar-refractivity contribution in [3.05, 3.63) is 52.8 Å². The summed E-state index contributed by atoms with van der Waals surface area (Å²) in [6, 6.07) is 7.66. The fraction of sp³-hybridized carbons (Fsp3) is 0.400. The number of benzene rings is 1. The normalized spacial score (nSPS) is 23.6. The van der Waals surface area contributed by atoms with Crippen molar-refractivity contribution in [3.8, 4) is 0 Å². The van der Waals surface area contributed by atoms with Crippen molar-refractivity contribution in [3.63, 3.8) is 0 Å². The van der Waals surface area contributed by atoms with E-state index in [0.717, 1.165) is 60.9 Å². The van der Waals surface area contributed by atoms with Crippen molar-refractivity contribution in [1.82, 2.24) is 15.2 Å². The molecule has 3 N–H and O–H groups in total. The zero-order valence-corrected chi connectivity index (χ0v) is 18.9. The Labute approximate surface area is 192 Å². The summed E-state index contributed by atoms with van der Waals surface area (Å²) in [4.78, 5) is 43.2. The number of Topliss-reactive ketones (excluding diaryl/α,β-unsaturated/α-hetero) is 1. The molecule has 2 fully saturated rings. The lowest BCUT2D eigenvalue weighted by Crippen LogP contribution is -2.39. The molecule has 1 unspecified atom stereocenters. The zero-order chi connectivity index (χ0) is 23.2. The molecule has 1 aromatic heterocycles. The minimum atomic E-state index is -0.840. The van der Waals surface area contributed by atoms with Gasteiger partial charge in [0.1, 0.15) is 5.92 Å². The van der Waals surface area contributed by atoms with E-state index in [4.69, 9.17) is 4.74 Å². The van der Waals surface area contributed by atoms with Crippen LogP contribution in [0.4, 0.5) is 5.69 Å². The number of carbonyl (C=O) groups excluding carboxylic acids is 3. The van der Waals surface area contributed by atoms with Gasteiger partial charge in [-0.1, -0.05) is 6.07 Å². The number of hydrogen-bond donors (Lipinski definition) is 3. The SMILES string of the molecule is CC1(C)NC(=O)C(Cc2ccc3c(c2)C(=Cc2cc(CN4CCOCC4)c[nH]2)C(=O)N3)C1=O. The van der Waals surface area contributed by atoms with Crippen molar-refractivity contribution in [1.29, 1.82) is 0 Å². The Balaban J connectivity index is 1.36. The third-order valence-corrected chi connectivity index (χ3v) is 6.57. The highest BCUT2D eigenvalue weighted by Gasteiger charge is 2.46. The summed E-state index contributed by atoms with van der Waals surface area (Å²) >= 11 is 0. The van der Waals surface area contributed by atoms with Gasteiger partial charge in [-0.25, -0.2) is 0 Å². The number of aromatic amines is 1. The van der Waals surface area contributed by atoms with Gasteiger partial charge < -0.3 is 20.4 Å². The Kier molecular flexibility index (Phi) is 5.42. The molecule has 172 valence electrons. The number of aromatic nitrogens is 1. The van der Waals surface area contributed by atoms with Gasteiger partial charge >= 0.3 is 0 Å². The number of H-pyrrole nitrogens is 1. The third kappa shape index (κ3) is 4.24. The molecule has 3 aliphatic heterocycles. The number of amides is 2. The molecular weight excluding hydrogens is 420 g/mol. The molecule has 1 aromatic carbocycles. The first-order chi connectivity index (χ1) is 15.8. The van der Waals surface area contributed by atoms with Crippen LogP contribution in [-0.4, -0.2) is 59.3 Å². The third-order valence-electron chi connectivity index (χ3n) is 6.57. The van der Waals surface area contributed by atoms with Crippen LogP contribution in [0, 0.1) is 5.92 Å². The van der Waals surface area contributed by atoms with Crippen molar-refractivity contribution in [2.24, 2.45) is 5.92 Å². The lowest BCUT2D eigenvalue weighted by atomic mass is 9.89. The van der Waals surface area contributed by atoms with Gasteiger partial charge in [-0.05, 0) is 55.7 Å². The number of anilines is 1. The van der Waals surface area contributed by atoms with Crippen LogP contribution < -0.4 is 10.6 Å². The van der Waals surface area contributed by atoms with Crippen LogP contribution in [0.3, 0.4) is 0 Å². The maximum Gasteiger partial charge on any atom is 0.256 e. The van der Waals surface area contributed by atoms with E-state index >= 15 is 0 Å². The lowest BCUT2D eigenvalue weighted by Gasteiger charge is -2.25. The molecule has 33 heavy (non-hydrogen) atoms. The van der Waals surface area contributed by atoms with E-state index in [1.165, 1.54) is 0 Å². The second-order valence-corrected chi connectivity index (χ2v) is 9.48. The van der Waals surface area contributed by atoms with Crippen LogP contribution >= 0.6 is 0 Å². The number of nitrogens with one attached hydrogen (secondary N) is 3. The standard InChI is InChI=1S/C25H28N4O4/c1-25(2)22(30)20(24(32)28-25)11-15-3-4-21-18(10-15)19(23(31)27-21)12-17-9-16(13-26-17)14-29-5-7-33-8-6-29/h3-4,9-10,12-13,20,26H,5-8,11,14H2,1-2H3,(H,27,31)(H,28,32). The molecular formula is C25H28N4O4. The molecule has 0 bridgehead atoms. The molecule has 0 saturated carbocycles. The summed E-state index contributed by atoms with van der Waals surface area (Å²) < 4.78 is 5.41. The highest BCUT2D eigenvalue weighted by Crippen LogP contribution is 2.35. The summed E-state index contributed by atoms with van der Waals surface area (Å²) in [5.41, 5.74) is 4.10. The summed E-state index contributed by atoms with van der Waals surface area (Å²) in [7, 11) is 0. The summed E-state index contributed by atoms with van der Waals surface area (Å²) in [5.74, 6) is -1.21. The zero-order valence-electron chi connectivity index (χ0n) is 18.9. The van der Waals surface area contributed by atoms with Gasteiger partial charge in [0.15, 0.2) is 5.78 Å². The minimum absolute atomic E-state index is 0.0999. The molecule has 8 nitrogen and oxygen atoms in total. The van der Waals surface area contributed by atoms with Gasteiger partial charge in [0.05, 0.1) is 24.3 Å². The largest absolute Gasteiger partial charge is 0.379 e. The number of morpholine rings is 1. The Morgan fingerprint density at radius 3 is 2.64 bits per heavy atom. The number of nitrogens with zero attached hydrogens (tertiary/aromatic N) is 1. The van der Waals surface area contributed by atoms with Gasteiger partial charge in [0.2, 0.25) is 5.91 Å². The average Bonchev–Trinajstić information content (AvgIpc) is 3.40. The van der Waals surface area contributed by atoms with Crippen molar-refractivity contribution in [2.75, 3.05) is 31.6 Å². The van der Waals surface area contributed by atoms with E-state index in [0.29, 0.717) is 12.0 Å². The molecule has 4 heterocycles. The lowest BCUT2D eigenvalue weighted by molar-refractivity contribution is -0.128. The number of ether oxygens (including phenoxy) is 1. The number of rotatable bonds is 5. The van der Waals surface area contributed by atoms with Crippen molar-refractivity contribution in [2.45, 2.75) is 32.4 Å². The van der Waals surface area contributed by atoms with Crippen LogP contribution in [0.15, 0.2) is 30.5 Å². The van der Waals surface area contributed by atoms with Gasteiger partial charge in [-0.3, -0.25) is 19.3 Å². The molecule has 0 spiro atoms. The molecule has 2 saturated heterocycles. The molecule has 0 radical (unpaired) electrons. The number of carbonyl (C=O) groups is 3. The molecule has 3 aliphatic rings. The van der Waals surface area contributed by atoms with E-state index < -0.39 is 11.5 Å². The van der Waals surface area contributed by atoms with Crippen LogP contribution in [0.1, 0.15) is 36.2 Å². The molecule has 5 rings (SSSR count). The molecule has 1 atom stereocenters. The highest BCUT2D eigenvalue weighted by atomic mass is 16.5. The summed E-state index contributed by atoms with van der Waals surface area (Å²) in [6.45, 7) is 7.63. The Hall–Kier alpha value is -3.23. The van der Waals surface area contributed by atoms with Gasteiger partial charge in [-0.15, -0.1) is 0 Å². The highest BCUT2D eigenvalue weighted by molar-refractivity contribution is 6.34. The van der Waals surface area contributed by atoms with E-state index in [9.17, 15) is 14.4 Å². The number of hydrogen-bond acceptors (Lipinski definition) is 5. The Morgan fingerprint density at radius 2 is 1.91 bits per heavy atom. The van der Waals surface area contributed by atoms with E-state index in [1.807, 2.05) is 30.5 Å². The summed E-state index contributed by atoms with van der Waals surface area (Å²) in [6.07, 6.45) is 4.14. The first-order valence-electron chi connectivity index (χ1n) is 11.3. The van der Waals surface area contributed by atoms with Crippen LogP contribution in [0.25, 0.3) is 11.6 Å². The first kappa shape index (κ1) is 21.6. The second-order valence-electron chi connectivity index (χ2n) is 9.48. The molecule has 2 aromatic rings. The number of fused-ring (bicyclic) bond motifs is 1. The maximum absolute atomic E-state index is 12.7. The van der Waals surface area contributed by atoms with E-state index in [-0.39, 0.29) is 17.6 Å². The fourth-order valence-corrected chi connectivity index (χ4v) is 4.74. The van der Waals surface area contributed by atoms with Crippen LogP contribution in [-0.2, 0) is 32.1 Å². The predicted molar refractivity (Wildman–Crippen MR) is 124 cm³/mol. The monoisotopic (exact) mass is 448 g/mol. The predicted octanol–water partition coefficient (Wildman–Crippen LogP) is 1.98. The molecule has 2 amide bonds. The maximum atomic E-state index is 12.7. The quantitative estimate of drug-likeness (QED) is 0.479. The Morgan fingerprint density at radius 1 is 1.12 bits per heavy atom. The molecule has 0 aliphatic carbocycles. The van der Waals surface area contributed by atoms with Gasteiger partial charge in [-0.2, -0.15) is 0 Å². The van der Waals surface area contributed by atoms with Crippen LogP contribution in [0.5, 0.6) is 0 Å². The fourth-order valence-electron chi connectivity index (χ4n) is 4.74. The smallest absolute Gasteiger partial charge is 0.256 e. The second kappa shape index (κ2) is 8.28. The topological polar surface area (TPSA) is 104 Å². The van der Waals surface area contributed by atoms with Gasteiger partial charge in [0, 0.05) is 42.8 Å². The van der Waals surface area contributed by atoms with E-state index in [2.05, 4.69) is 26.6 Å². The minimum Gasteiger partial charge on any atom is -0.379 e. The number of ketones is 1. The van der Waals surface area contributed by atoms with Crippen molar-refractivity contribution < 1.29 is 19.1 Å². The van der Waals surface area contributed by atoms with Crippen LogP contribution in [0.2, 0.25) is 0 Å². The first-order valence-corrected chi connectivity index (χ1v) is 11.3. The van der Waals surface area contributed by atoms with E-state index in [1.54, 1.807) is 13.8 Å². The van der Waals surface area contributed by atoms with Crippen molar-refractivity contribution >= 4 is 34.9 Å².